The number of halogens is 1. The van der Waals surface area contributed by atoms with Gasteiger partial charge >= 0.3 is 0 Å². The average Bonchev–Trinajstić information content (AvgIpc) is 2.39. The summed E-state index contributed by atoms with van der Waals surface area (Å²) in [6.07, 6.45) is 1.20. The summed E-state index contributed by atoms with van der Waals surface area (Å²) < 4.78 is 28.1. The number of hydrogen-bond donors (Lipinski definition) is 2. The zero-order valence-electron chi connectivity index (χ0n) is 11.9. The summed E-state index contributed by atoms with van der Waals surface area (Å²) in [5, 5.41) is 2.70. The van der Waals surface area contributed by atoms with Gasteiger partial charge in [0.15, 0.2) is 0 Å². The van der Waals surface area contributed by atoms with Crippen molar-refractivity contribution in [3.05, 3.63) is 28.2 Å². The standard InChI is InChI=1S/C13H19BrN2O4S/c1-20-8-9-10(14)4-3-5-12(9)16-13(17)11(15)6-7-21(2,18)19/h3-5,11H,6-8,15H2,1-2H3,(H,16,17). The van der Waals surface area contributed by atoms with Crippen LogP contribution in [-0.4, -0.2) is 39.5 Å². The molecule has 6 nitrogen and oxygen atoms in total. The lowest BCUT2D eigenvalue weighted by molar-refractivity contribution is -0.117. The van der Waals surface area contributed by atoms with E-state index < -0.39 is 21.8 Å². The van der Waals surface area contributed by atoms with Gasteiger partial charge in [0, 0.05) is 29.1 Å². The molecule has 21 heavy (non-hydrogen) atoms. The van der Waals surface area contributed by atoms with E-state index in [2.05, 4.69) is 21.2 Å². The molecule has 1 amide bonds. The van der Waals surface area contributed by atoms with E-state index in [9.17, 15) is 13.2 Å². The Kier molecular flexibility index (Phi) is 6.79. The van der Waals surface area contributed by atoms with E-state index in [4.69, 9.17) is 10.5 Å². The van der Waals surface area contributed by atoms with Gasteiger partial charge in [0.05, 0.1) is 18.4 Å². The first-order valence-corrected chi connectivity index (χ1v) is 9.10. The van der Waals surface area contributed by atoms with Gasteiger partial charge in [-0.05, 0) is 18.6 Å². The van der Waals surface area contributed by atoms with Crippen LogP contribution >= 0.6 is 15.9 Å². The molecule has 0 bridgehead atoms. The van der Waals surface area contributed by atoms with Gasteiger partial charge in [-0.3, -0.25) is 4.79 Å². The molecule has 0 radical (unpaired) electrons. The minimum atomic E-state index is -3.14. The van der Waals surface area contributed by atoms with Crippen molar-refractivity contribution in [3.63, 3.8) is 0 Å². The number of nitrogens with two attached hydrogens (primary N) is 1. The number of benzene rings is 1. The lowest BCUT2D eigenvalue weighted by Gasteiger charge is -2.15. The zero-order chi connectivity index (χ0) is 16.0. The summed E-state index contributed by atoms with van der Waals surface area (Å²) in [5.41, 5.74) is 7.10. The van der Waals surface area contributed by atoms with Crippen LogP contribution in [0.25, 0.3) is 0 Å². The number of rotatable bonds is 7. The third-order valence-corrected chi connectivity index (χ3v) is 4.52. The van der Waals surface area contributed by atoms with Crippen molar-refractivity contribution in [2.45, 2.75) is 19.1 Å². The molecule has 0 heterocycles. The molecule has 1 aromatic carbocycles. The zero-order valence-corrected chi connectivity index (χ0v) is 14.3. The first-order valence-electron chi connectivity index (χ1n) is 6.25. The van der Waals surface area contributed by atoms with E-state index in [0.717, 1.165) is 16.3 Å². The number of amides is 1. The van der Waals surface area contributed by atoms with Crippen molar-refractivity contribution >= 4 is 37.4 Å². The number of carbonyl (C=O) groups is 1. The van der Waals surface area contributed by atoms with Crippen LogP contribution in [0.15, 0.2) is 22.7 Å². The Bertz CT molecular complexity index is 604. The SMILES string of the molecule is COCc1c(Br)cccc1NC(=O)C(N)CCS(C)(=O)=O. The van der Waals surface area contributed by atoms with Crippen LogP contribution in [-0.2, 0) is 26.0 Å². The Hall–Kier alpha value is -0.960. The van der Waals surface area contributed by atoms with E-state index in [1.165, 1.54) is 0 Å². The number of carbonyl (C=O) groups excluding carboxylic acids is 1. The average molecular weight is 379 g/mol. The van der Waals surface area contributed by atoms with Crippen molar-refractivity contribution in [3.8, 4) is 0 Å². The number of hydrogen-bond acceptors (Lipinski definition) is 5. The highest BCUT2D eigenvalue weighted by Crippen LogP contribution is 2.25. The van der Waals surface area contributed by atoms with Crippen molar-refractivity contribution in [2.75, 3.05) is 24.4 Å². The van der Waals surface area contributed by atoms with Crippen LogP contribution in [0.5, 0.6) is 0 Å². The largest absolute Gasteiger partial charge is 0.380 e. The first-order chi connectivity index (χ1) is 9.74. The molecule has 1 atom stereocenters. The highest BCUT2D eigenvalue weighted by Gasteiger charge is 2.17. The molecule has 0 aliphatic heterocycles. The van der Waals surface area contributed by atoms with Crippen LogP contribution in [0.4, 0.5) is 5.69 Å². The third-order valence-electron chi connectivity index (χ3n) is 2.80. The highest BCUT2D eigenvalue weighted by atomic mass is 79.9. The van der Waals surface area contributed by atoms with Crippen molar-refractivity contribution < 1.29 is 17.9 Å². The maximum atomic E-state index is 12.0. The fourth-order valence-electron chi connectivity index (χ4n) is 1.66. The number of anilines is 1. The van der Waals surface area contributed by atoms with E-state index in [-0.39, 0.29) is 12.2 Å². The molecule has 0 saturated heterocycles. The summed E-state index contributed by atoms with van der Waals surface area (Å²) in [4.78, 5) is 12.0. The molecule has 3 N–H and O–H groups in total. The maximum Gasteiger partial charge on any atom is 0.241 e. The number of sulfone groups is 1. The predicted molar refractivity (Wildman–Crippen MR) is 85.8 cm³/mol. The molecule has 8 heteroatoms. The Morgan fingerprint density at radius 3 is 2.71 bits per heavy atom. The quantitative estimate of drug-likeness (QED) is 0.744. The van der Waals surface area contributed by atoms with E-state index >= 15 is 0 Å². The second-order valence-electron chi connectivity index (χ2n) is 4.71. The van der Waals surface area contributed by atoms with Crippen LogP contribution in [0.1, 0.15) is 12.0 Å². The summed E-state index contributed by atoms with van der Waals surface area (Å²) in [7, 11) is -1.58. The molecule has 1 rings (SSSR count). The Morgan fingerprint density at radius 2 is 2.14 bits per heavy atom. The van der Waals surface area contributed by atoms with Crippen molar-refractivity contribution in [1.82, 2.24) is 0 Å². The molecular weight excluding hydrogens is 360 g/mol. The van der Waals surface area contributed by atoms with Gasteiger partial charge in [0.25, 0.3) is 0 Å². The maximum absolute atomic E-state index is 12.0. The molecule has 0 aromatic heterocycles. The van der Waals surface area contributed by atoms with Crippen LogP contribution in [0, 0.1) is 0 Å². The van der Waals surface area contributed by atoms with E-state index in [1.54, 1.807) is 19.2 Å². The molecular formula is C13H19BrN2O4S. The summed E-state index contributed by atoms with van der Waals surface area (Å²) in [5.74, 6) is -0.542. The summed E-state index contributed by atoms with van der Waals surface area (Å²) in [6.45, 7) is 0.329. The minimum absolute atomic E-state index is 0.0816. The lowest BCUT2D eigenvalue weighted by atomic mass is 10.1. The summed E-state index contributed by atoms with van der Waals surface area (Å²) >= 11 is 3.39. The number of ether oxygens (including phenoxy) is 1. The van der Waals surface area contributed by atoms with Crippen LogP contribution < -0.4 is 11.1 Å². The number of nitrogens with one attached hydrogen (secondary N) is 1. The molecule has 1 unspecified atom stereocenters. The van der Waals surface area contributed by atoms with Gasteiger partial charge in [0.1, 0.15) is 9.84 Å². The van der Waals surface area contributed by atoms with Crippen LogP contribution in [0.3, 0.4) is 0 Å². The van der Waals surface area contributed by atoms with Crippen molar-refractivity contribution in [2.24, 2.45) is 5.73 Å². The molecule has 0 spiro atoms. The number of methoxy groups -OCH3 is 1. The Balaban J connectivity index is 2.76. The van der Waals surface area contributed by atoms with E-state index in [0.29, 0.717) is 12.3 Å². The fraction of sp³-hybridized carbons (Fsp3) is 0.462. The topological polar surface area (TPSA) is 98.5 Å². The normalized spacial score (nSPS) is 13.0. The first kappa shape index (κ1) is 18.1. The molecule has 118 valence electrons. The smallest absolute Gasteiger partial charge is 0.241 e. The fourth-order valence-corrected chi connectivity index (χ4v) is 2.83. The van der Waals surface area contributed by atoms with Crippen molar-refractivity contribution in [1.29, 1.82) is 0 Å². The van der Waals surface area contributed by atoms with Gasteiger partial charge in [-0.2, -0.15) is 0 Å². The molecule has 0 fully saturated rings. The predicted octanol–water partition coefficient (Wildman–Crippen LogP) is 1.30. The second-order valence-corrected chi connectivity index (χ2v) is 7.83. The van der Waals surface area contributed by atoms with Gasteiger partial charge in [-0.15, -0.1) is 0 Å². The lowest BCUT2D eigenvalue weighted by Crippen LogP contribution is -2.37. The highest BCUT2D eigenvalue weighted by molar-refractivity contribution is 9.10. The third kappa shape index (κ3) is 6.13. The molecule has 1 aromatic rings. The Morgan fingerprint density at radius 1 is 1.48 bits per heavy atom. The van der Waals surface area contributed by atoms with Crippen LogP contribution in [0.2, 0.25) is 0 Å². The van der Waals surface area contributed by atoms with Gasteiger partial charge < -0.3 is 15.8 Å². The van der Waals surface area contributed by atoms with Gasteiger partial charge in [-0.25, -0.2) is 8.42 Å². The summed E-state index contributed by atoms with van der Waals surface area (Å²) in [6, 6.07) is 4.48. The van der Waals surface area contributed by atoms with Gasteiger partial charge in [-0.1, -0.05) is 22.0 Å². The molecule has 0 aliphatic carbocycles. The monoisotopic (exact) mass is 378 g/mol. The van der Waals surface area contributed by atoms with Gasteiger partial charge in [0.2, 0.25) is 5.91 Å². The van der Waals surface area contributed by atoms with E-state index in [1.807, 2.05) is 6.07 Å². The molecule has 0 aliphatic rings. The Labute approximate surface area is 133 Å². The molecule has 0 saturated carbocycles. The second kappa shape index (κ2) is 7.88. The minimum Gasteiger partial charge on any atom is -0.380 e.